The van der Waals surface area contributed by atoms with E-state index < -0.39 is 0 Å². The van der Waals surface area contributed by atoms with Crippen molar-refractivity contribution in [2.24, 2.45) is 5.10 Å². The van der Waals surface area contributed by atoms with Gasteiger partial charge in [0.15, 0.2) is 0 Å². The normalized spacial score (nSPS) is 16.0. The summed E-state index contributed by atoms with van der Waals surface area (Å²) < 4.78 is 0. The average Bonchev–Trinajstić information content (AvgIpc) is 1.90. The van der Waals surface area contributed by atoms with E-state index in [2.05, 4.69) is 22.7 Å². The van der Waals surface area contributed by atoms with Crippen LogP contribution in [0.2, 0.25) is 0 Å². The summed E-state index contributed by atoms with van der Waals surface area (Å²) in [6, 6.07) is 0. The van der Waals surface area contributed by atoms with Crippen LogP contribution in [0.1, 0.15) is 0 Å². The van der Waals surface area contributed by atoms with E-state index >= 15 is 0 Å². The highest BCUT2D eigenvalue weighted by molar-refractivity contribution is 5.66. The first-order chi connectivity index (χ1) is 3.50. The van der Waals surface area contributed by atoms with Crippen LogP contribution >= 0.6 is 0 Å². The van der Waals surface area contributed by atoms with Crippen molar-refractivity contribution in [2.75, 3.05) is 0 Å². The summed E-state index contributed by atoms with van der Waals surface area (Å²) in [6.07, 6.45) is 10.3. The van der Waals surface area contributed by atoms with Crippen LogP contribution in [0.3, 0.4) is 0 Å². The molecule has 0 aromatic heterocycles. The minimum Gasteiger partial charge on any atom is -0.285 e. The minimum absolute atomic E-state index is 1.54. The second-order valence-corrected chi connectivity index (χ2v) is 1.01. The van der Waals surface area contributed by atoms with Crippen LogP contribution in [0.25, 0.3) is 0 Å². The monoisotopic (exact) mass is 92.0 g/mol. The molecule has 1 aliphatic rings. The first kappa shape index (κ1) is 4.12. The van der Waals surface area contributed by atoms with Gasteiger partial charge in [0, 0.05) is 18.4 Å². The molecule has 0 saturated heterocycles. The largest absolute Gasteiger partial charge is 0.285 e. The average molecular weight is 92.1 g/mol. The van der Waals surface area contributed by atoms with Crippen LogP contribution < -0.4 is 5.43 Å². The predicted octanol–water partition coefficient (Wildman–Crippen LogP) is 0.252. The molecule has 2 radical (unpaired) electrons. The van der Waals surface area contributed by atoms with Crippen LogP contribution in [-0.2, 0) is 0 Å². The number of hydrogen-bond acceptors (Lipinski definition) is 2. The zero-order valence-corrected chi connectivity index (χ0v) is 3.68. The van der Waals surface area contributed by atoms with Gasteiger partial charge >= 0.3 is 0 Å². The lowest BCUT2D eigenvalue weighted by Gasteiger charge is -1.78. The second-order valence-electron chi connectivity index (χ2n) is 1.01. The molecule has 0 unspecified atom stereocenters. The van der Waals surface area contributed by atoms with Gasteiger partial charge in [-0.1, -0.05) is 0 Å². The molecule has 1 rings (SSSR count). The molecule has 1 aliphatic heterocycles. The predicted molar refractivity (Wildman–Crippen MR) is 27.3 cm³/mol. The summed E-state index contributed by atoms with van der Waals surface area (Å²) in [4.78, 5) is 0. The summed E-state index contributed by atoms with van der Waals surface area (Å²) in [6.45, 7) is 0. The van der Waals surface area contributed by atoms with Crippen molar-refractivity contribution in [3.05, 3.63) is 24.4 Å². The van der Waals surface area contributed by atoms with Gasteiger partial charge in [0.2, 0.25) is 0 Å². The van der Waals surface area contributed by atoms with E-state index in [1.165, 1.54) is 6.21 Å². The van der Waals surface area contributed by atoms with E-state index in [-0.39, 0.29) is 0 Å². The van der Waals surface area contributed by atoms with Crippen molar-refractivity contribution < 1.29 is 0 Å². The molecule has 0 aromatic rings. The lowest BCUT2D eigenvalue weighted by molar-refractivity contribution is 0.976. The standard InChI is InChI=1S/C5H4N2/c1-2-4-6-7-5-3-1/h1,4-6H. The topological polar surface area (TPSA) is 24.4 Å². The zero-order valence-electron chi connectivity index (χ0n) is 3.68. The molecule has 2 heteroatoms. The molecule has 1 heterocycles. The van der Waals surface area contributed by atoms with Crippen molar-refractivity contribution in [1.82, 2.24) is 5.43 Å². The molecule has 34 valence electrons. The van der Waals surface area contributed by atoms with Gasteiger partial charge in [-0.25, -0.2) is 0 Å². The highest BCUT2D eigenvalue weighted by atomic mass is 15.3. The van der Waals surface area contributed by atoms with E-state index in [9.17, 15) is 0 Å². The fraction of sp³-hybridized carbons (Fsp3) is 0. The van der Waals surface area contributed by atoms with Crippen LogP contribution in [0.15, 0.2) is 17.4 Å². The third kappa shape index (κ3) is 1.22. The Balaban J connectivity index is 2.60. The molecule has 0 aliphatic carbocycles. The second kappa shape index (κ2) is 2.18. The van der Waals surface area contributed by atoms with E-state index in [0.717, 1.165) is 0 Å². The molecule has 0 amide bonds. The third-order valence-electron chi connectivity index (χ3n) is 0.528. The van der Waals surface area contributed by atoms with E-state index in [1.54, 1.807) is 12.3 Å². The summed E-state index contributed by atoms with van der Waals surface area (Å²) in [5.74, 6) is 0. The van der Waals surface area contributed by atoms with Crippen molar-refractivity contribution in [3.8, 4) is 0 Å². The Bertz CT molecular complexity index is 108. The van der Waals surface area contributed by atoms with E-state index in [1.807, 2.05) is 0 Å². The van der Waals surface area contributed by atoms with Gasteiger partial charge in [-0.2, -0.15) is 5.10 Å². The molecule has 7 heavy (non-hydrogen) atoms. The Morgan fingerprint density at radius 1 is 1.43 bits per heavy atom. The van der Waals surface area contributed by atoms with Crippen molar-refractivity contribution in [2.45, 2.75) is 0 Å². The molecule has 0 saturated carbocycles. The third-order valence-corrected chi connectivity index (χ3v) is 0.528. The molecule has 0 spiro atoms. The fourth-order valence-corrected chi connectivity index (χ4v) is 0.276. The summed E-state index contributed by atoms with van der Waals surface area (Å²) in [5, 5.41) is 3.64. The molecule has 0 bridgehead atoms. The highest BCUT2D eigenvalue weighted by Gasteiger charge is 1.70. The maximum absolute atomic E-state index is 3.64. The zero-order chi connectivity index (χ0) is 4.95. The summed E-state index contributed by atoms with van der Waals surface area (Å²) in [7, 11) is 0. The maximum Gasteiger partial charge on any atom is 0.0551 e. The number of nitrogens with zero attached hydrogens (tertiary/aromatic N) is 1. The van der Waals surface area contributed by atoms with Gasteiger partial charge in [-0.15, -0.1) is 0 Å². The molecule has 1 N–H and O–H groups in total. The number of allylic oxidation sites excluding steroid dienone is 3. The number of nitrogens with one attached hydrogen (secondary N) is 1. The summed E-state index contributed by atoms with van der Waals surface area (Å²) in [5.41, 5.74) is 2.59. The first-order valence-corrected chi connectivity index (χ1v) is 1.93. The van der Waals surface area contributed by atoms with Gasteiger partial charge in [0.25, 0.3) is 0 Å². The van der Waals surface area contributed by atoms with Gasteiger partial charge in [0.1, 0.15) is 0 Å². The molecule has 2 nitrogen and oxygen atoms in total. The van der Waals surface area contributed by atoms with Gasteiger partial charge in [-0.3, -0.25) is 5.43 Å². The Labute approximate surface area is 42.2 Å². The Hall–Kier alpha value is -1.05. The van der Waals surface area contributed by atoms with E-state index in [4.69, 9.17) is 0 Å². The lowest BCUT2D eigenvalue weighted by Crippen LogP contribution is -1.89. The summed E-state index contributed by atoms with van der Waals surface area (Å²) >= 11 is 0. The lowest BCUT2D eigenvalue weighted by atomic mass is 10.5. The maximum atomic E-state index is 3.64. The van der Waals surface area contributed by atoms with Gasteiger partial charge in [0.05, 0.1) is 6.21 Å². The number of rotatable bonds is 0. The van der Waals surface area contributed by atoms with Crippen molar-refractivity contribution in [3.63, 3.8) is 0 Å². The van der Waals surface area contributed by atoms with Crippen LogP contribution in [0, 0.1) is 12.2 Å². The number of hydrazone groups is 1. The Morgan fingerprint density at radius 3 is 3.43 bits per heavy atom. The SMILES string of the molecule is [C]1=C[C]=CNN=C1. The fourth-order valence-electron chi connectivity index (χ4n) is 0.276. The quantitative estimate of drug-likeness (QED) is 0.455. The van der Waals surface area contributed by atoms with Gasteiger partial charge < -0.3 is 0 Å². The molecule has 0 aromatic carbocycles. The van der Waals surface area contributed by atoms with E-state index in [0.29, 0.717) is 0 Å². The smallest absolute Gasteiger partial charge is 0.0551 e. The van der Waals surface area contributed by atoms with Gasteiger partial charge in [-0.05, 0) is 6.08 Å². The van der Waals surface area contributed by atoms with Crippen molar-refractivity contribution in [1.29, 1.82) is 0 Å². The van der Waals surface area contributed by atoms with Crippen LogP contribution in [0.5, 0.6) is 0 Å². The number of hydrogen-bond donors (Lipinski definition) is 1. The van der Waals surface area contributed by atoms with Crippen LogP contribution in [-0.4, -0.2) is 6.21 Å². The van der Waals surface area contributed by atoms with Crippen molar-refractivity contribution >= 4 is 6.21 Å². The Kier molecular flexibility index (Phi) is 1.28. The molecule has 0 fully saturated rings. The molecule has 0 atom stereocenters. The Morgan fingerprint density at radius 2 is 2.43 bits per heavy atom. The highest BCUT2D eigenvalue weighted by Crippen LogP contribution is 1.73. The first-order valence-electron chi connectivity index (χ1n) is 1.93. The minimum atomic E-state index is 1.54. The molecular formula is C5H4N2. The molecular weight excluding hydrogens is 88.1 g/mol. The van der Waals surface area contributed by atoms with Crippen LogP contribution in [0.4, 0.5) is 0 Å².